The first-order valence-electron chi connectivity index (χ1n) is 4.27. The molecular formula is C8H17NO3S. The number of hydrogen-bond donors (Lipinski definition) is 2. The first kappa shape index (κ1) is 12.6. The van der Waals surface area contributed by atoms with Crippen LogP contribution in [0.15, 0.2) is 0 Å². The molecule has 0 spiro atoms. The van der Waals surface area contributed by atoms with E-state index in [0.29, 0.717) is 12.3 Å². The third kappa shape index (κ3) is 9.49. The van der Waals surface area contributed by atoms with Crippen LogP contribution < -0.4 is 5.32 Å². The summed E-state index contributed by atoms with van der Waals surface area (Å²) in [7, 11) is -0.757. The standard InChI is InChI=1S/C8H17NO3S/c1-7(4-6-13(2)12)9-5-3-8(10)11/h7,9H,3-6H2,1-2H3,(H,10,11). The van der Waals surface area contributed by atoms with Gasteiger partial charge >= 0.3 is 5.97 Å². The summed E-state index contributed by atoms with van der Waals surface area (Å²) in [4.78, 5) is 10.2. The van der Waals surface area contributed by atoms with Gasteiger partial charge in [-0.1, -0.05) is 0 Å². The predicted molar refractivity (Wildman–Crippen MR) is 53.3 cm³/mol. The highest BCUT2D eigenvalue weighted by atomic mass is 32.2. The SMILES string of the molecule is CC(CCS(C)=O)NCCC(=O)O. The van der Waals surface area contributed by atoms with E-state index in [1.54, 1.807) is 6.26 Å². The molecule has 0 saturated heterocycles. The molecule has 0 bridgehead atoms. The monoisotopic (exact) mass is 207 g/mol. The van der Waals surface area contributed by atoms with Crippen molar-refractivity contribution in [2.45, 2.75) is 25.8 Å². The van der Waals surface area contributed by atoms with Crippen LogP contribution in [0, 0.1) is 0 Å². The quantitative estimate of drug-likeness (QED) is 0.626. The highest BCUT2D eigenvalue weighted by Gasteiger charge is 2.03. The van der Waals surface area contributed by atoms with Gasteiger partial charge in [-0.15, -0.1) is 0 Å². The zero-order valence-corrected chi connectivity index (χ0v) is 8.89. The average Bonchev–Trinajstić information content (AvgIpc) is 2.00. The Bertz CT molecular complexity index is 184. The molecule has 0 aliphatic rings. The minimum absolute atomic E-state index is 0.138. The van der Waals surface area contributed by atoms with E-state index in [1.807, 2.05) is 6.92 Å². The summed E-state index contributed by atoms with van der Waals surface area (Å²) >= 11 is 0. The number of nitrogens with one attached hydrogen (secondary N) is 1. The lowest BCUT2D eigenvalue weighted by molar-refractivity contribution is -0.136. The van der Waals surface area contributed by atoms with E-state index in [-0.39, 0.29) is 12.5 Å². The van der Waals surface area contributed by atoms with Crippen molar-refractivity contribution < 1.29 is 14.1 Å². The molecule has 0 fully saturated rings. The summed E-state index contributed by atoms with van der Waals surface area (Å²) in [6, 6.07) is 0.239. The zero-order valence-electron chi connectivity index (χ0n) is 8.08. The molecule has 4 nitrogen and oxygen atoms in total. The summed E-state index contributed by atoms with van der Waals surface area (Å²) in [5, 5.41) is 11.4. The molecule has 78 valence electrons. The maximum Gasteiger partial charge on any atom is 0.304 e. The van der Waals surface area contributed by atoms with Crippen LogP contribution in [-0.4, -0.2) is 39.9 Å². The normalized spacial score (nSPS) is 15.2. The van der Waals surface area contributed by atoms with Crippen LogP contribution in [0.3, 0.4) is 0 Å². The highest BCUT2D eigenvalue weighted by molar-refractivity contribution is 7.84. The predicted octanol–water partition coefficient (Wildman–Crippen LogP) is 0.208. The van der Waals surface area contributed by atoms with Crippen molar-refractivity contribution in [2.24, 2.45) is 0 Å². The first-order valence-corrected chi connectivity index (χ1v) is 6.00. The Morgan fingerprint density at radius 3 is 2.69 bits per heavy atom. The molecule has 0 aliphatic carbocycles. The average molecular weight is 207 g/mol. The minimum Gasteiger partial charge on any atom is -0.481 e. The van der Waals surface area contributed by atoms with Crippen molar-refractivity contribution in [3.63, 3.8) is 0 Å². The molecule has 0 aliphatic heterocycles. The van der Waals surface area contributed by atoms with E-state index in [9.17, 15) is 9.00 Å². The maximum atomic E-state index is 10.7. The Morgan fingerprint density at radius 2 is 2.23 bits per heavy atom. The van der Waals surface area contributed by atoms with E-state index < -0.39 is 16.8 Å². The summed E-state index contributed by atoms with van der Waals surface area (Å²) in [5.41, 5.74) is 0. The number of rotatable bonds is 7. The van der Waals surface area contributed by atoms with Gasteiger partial charge in [0.15, 0.2) is 0 Å². The highest BCUT2D eigenvalue weighted by Crippen LogP contribution is 1.92. The van der Waals surface area contributed by atoms with E-state index in [1.165, 1.54) is 0 Å². The molecule has 0 aromatic rings. The van der Waals surface area contributed by atoms with Gasteiger partial charge in [-0.3, -0.25) is 9.00 Å². The Hall–Kier alpha value is -0.420. The fourth-order valence-electron chi connectivity index (χ4n) is 0.870. The second-order valence-corrected chi connectivity index (χ2v) is 4.62. The number of carboxylic acids is 1. The van der Waals surface area contributed by atoms with E-state index in [0.717, 1.165) is 6.42 Å². The number of aliphatic carboxylic acids is 1. The number of carbonyl (C=O) groups is 1. The fraction of sp³-hybridized carbons (Fsp3) is 0.875. The van der Waals surface area contributed by atoms with Crippen molar-refractivity contribution in [2.75, 3.05) is 18.6 Å². The van der Waals surface area contributed by atoms with Gasteiger partial charge in [0, 0.05) is 35.4 Å². The van der Waals surface area contributed by atoms with Gasteiger partial charge in [-0.05, 0) is 13.3 Å². The molecule has 0 aromatic heterocycles. The summed E-state index contributed by atoms with van der Waals surface area (Å²) in [6.45, 7) is 2.45. The lowest BCUT2D eigenvalue weighted by Crippen LogP contribution is -2.29. The van der Waals surface area contributed by atoms with Gasteiger partial charge in [0.1, 0.15) is 0 Å². The van der Waals surface area contributed by atoms with Crippen LogP contribution in [0.1, 0.15) is 19.8 Å². The molecular weight excluding hydrogens is 190 g/mol. The zero-order chi connectivity index (χ0) is 10.3. The Morgan fingerprint density at radius 1 is 1.62 bits per heavy atom. The second-order valence-electron chi connectivity index (χ2n) is 3.06. The van der Waals surface area contributed by atoms with Gasteiger partial charge < -0.3 is 10.4 Å². The van der Waals surface area contributed by atoms with Crippen molar-refractivity contribution in [1.29, 1.82) is 0 Å². The topological polar surface area (TPSA) is 66.4 Å². The smallest absolute Gasteiger partial charge is 0.304 e. The van der Waals surface area contributed by atoms with Gasteiger partial charge in [0.2, 0.25) is 0 Å². The molecule has 2 N–H and O–H groups in total. The van der Waals surface area contributed by atoms with E-state index in [4.69, 9.17) is 5.11 Å². The third-order valence-corrected chi connectivity index (χ3v) is 2.48. The Balaban J connectivity index is 3.35. The van der Waals surface area contributed by atoms with Crippen LogP contribution in [0.2, 0.25) is 0 Å². The lowest BCUT2D eigenvalue weighted by Gasteiger charge is -2.11. The van der Waals surface area contributed by atoms with Crippen LogP contribution in [0.5, 0.6) is 0 Å². The maximum absolute atomic E-state index is 10.7. The molecule has 0 heterocycles. The van der Waals surface area contributed by atoms with Crippen LogP contribution >= 0.6 is 0 Å². The molecule has 13 heavy (non-hydrogen) atoms. The van der Waals surface area contributed by atoms with Gasteiger partial charge in [0.25, 0.3) is 0 Å². The summed E-state index contributed by atoms with van der Waals surface area (Å²) < 4.78 is 10.7. The molecule has 5 heteroatoms. The summed E-state index contributed by atoms with van der Waals surface area (Å²) in [5.74, 6) is -0.125. The van der Waals surface area contributed by atoms with Gasteiger partial charge in [-0.25, -0.2) is 0 Å². The lowest BCUT2D eigenvalue weighted by atomic mass is 10.2. The van der Waals surface area contributed by atoms with E-state index >= 15 is 0 Å². The van der Waals surface area contributed by atoms with Crippen molar-refractivity contribution in [1.82, 2.24) is 5.32 Å². The van der Waals surface area contributed by atoms with Crippen molar-refractivity contribution in [3.8, 4) is 0 Å². The van der Waals surface area contributed by atoms with Crippen LogP contribution in [0.25, 0.3) is 0 Å². The number of carboxylic acid groups (broad SMARTS) is 1. The first-order chi connectivity index (χ1) is 6.02. The fourth-order valence-corrected chi connectivity index (χ4v) is 1.56. The van der Waals surface area contributed by atoms with Gasteiger partial charge in [-0.2, -0.15) is 0 Å². The Labute approximate surface area is 81.2 Å². The second kappa shape index (κ2) is 7.03. The molecule has 2 unspecified atom stereocenters. The molecule has 0 rings (SSSR count). The molecule has 0 amide bonds. The molecule has 0 radical (unpaired) electrons. The third-order valence-electron chi connectivity index (χ3n) is 1.67. The molecule has 2 atom stereocenters. The van der Waals surface area contributed by atoms with E-state index in [2.05, 4.69) is 5.32 Å². The van der Waals surface area contributed by atoms with Crippen LogP contribution in [0.4, 0.5) is 0 Å². The molecule has 0 aromatic carbocycles. The number of hydrogen-bond acceptors (Lipinski definition) is 3. The molecule has 0 saturated carbocycles. The minimum atomic E-state index is -0.793. The van der Waals surface area contributed by atoms with Crippen molar-refractivity contribution in [3.05, 3.63) is 0 Å². The van der Waals surface area contributed by atoms with Crippen molar-refractivity contribution >= 4 is 16.8 Å². The summed E-state index contributed by atoms with van der Waals surface area (Å²) in [6.07, 6.45) is 2.63. The van der Waals surface area contributed by atoms with Crippen LogP contribution in [-0.2, 0) is 15.6 Å². The largest absolute Gasteiger partial charge is 0.481 e. The van der Waals surface area contributed by atoms with Gasteiger partial charge in [0.05, 0.1) is 6.42 Å². The Kier molecular flexibility index (Phi) is 6.80.